The zero-order valence-corrected chi connectivity index (χ0v) is 18.1. The number of aryl methyl sites for hydroxylation is 1. The zero-order valence-electron chi connectivity index (χ0n) is 18.1. The second-order valence-corrected chi connectivity index (χ2v) is 7.56. The summed E-state index contributed by atoms with van der Waals surface area (Å²) in [5, 5.41) is 2.64. The van der Waals surface area contributed by atoms with Gasteiger partial charge in [-0.1, -0.05) is 50.2 Å². The number of nitrogens with one attached hydrogen (secondary N) is 1. The Morgan fingerprint density at radius 3 is 2.31 bits per heavy atom. The Balaban J connectivity index is 2.12. The van der Waals surface area contributed by atoms with Gasteiger partial charge < -0.3 is 15.0 Å². The van der Waals surface area contributed by atoms with Crippen molar-refractivity contribution in [1.82, 2.24) is 10.2 Å². The number of carbonyl (C=O) groups excluding carboxylic acids is 2. The van der Waals surface area contributed by atoms with Crippen LogP contribution in [0.5, 0.6) is 5.75 Å². The van der Waals surface area contributed by atoms with Gasteiger partial charge in [0.25, 0.3) is 0 Å². The van der Waals surface area contributed by atoms with Gasteiger partial charge >= 0.3 is 0 Å². The number of hydrogen-bond acceptors (Lipinski definition) is 3. The van der Waals surface area contributed by atoms with Crippen LogP contribution >= 0.6 is 0 Å². The third-order valence-corrected chi connectivity index (χ3v) is 5.17. The monoisotopic (exact) mass is 396 g/mol. The maximum atomic E-state index is 13.0. The largest absolute Gasteiger partial charge is 0.497 e. The van der Waals surface area contributed by atoms with Gasteiger partial charge in [0.05, 0.1) is 7.11 Å². The summed E-state index contributed by atoms with van der Waals surface area (Å²) in [4.78, 5) is 26.9. The maximum absolute atomic E-state index is 13.0. The summed E-state index contributed by atoms with van der Waals surface area (Å²) in [5.41, 5.74) is 3.33. The van der Waals surface area contributed by atoms with Crippen molar-refractivity contribution in [3.8, 4) is 5.75 Å². The van der Waals surface area contributed by atoms with E-state index in [9.17, 15) is 9.59 Å². The molecule has 0 spiro atoms. The lowest BCUT2D eigenvalue weighted by Gasteiger charge is -2.28. The summed E-state index contributed by atoms with van der Waals surface area (Å²) < 4.78 is 5.27. The highest BCUT2D eigenvalue weighted by Crippen LogP contribution is 2.18. The van der Waals surface area contributed by atoms with Gasteiger partial charge in [-0.2, -0.15) is 0 Å². The molecule has 29 heavy (non-hydrogen) atoms. The second-order valence-electron chi connectivity index (χ2n) is 7.56. The smallest absolute Gasteiger partial charge is 0.242 e. The van der Waals surface area contributed by atoms with Crippen molar-refractivity contribution in [2.45, 2.75) is 52.1 Å². The first-order chi connectivity index (χ1) is 13.8. The molecule has 5 heteroatoms. The summed E-state index contributed by atoms with van der Waals surface area (Å²) in [6.07, 6.45) is 0.999. The normalized spacial score (nSPS) is 11.8. The molecule has 0 aromatic heterocycles. The SMILES string of the molecule is CNC(=O)[C@H](C)N(Cc1cccc(OC)c1)C(=O)CCc1ccc(C(C)C)cc1. The van der Waals surface area contributed by atoms with Gasteiger partial charge in [0, 0.05) is 20.0 Å². The molecule has 2 amide bonds. The van der Waals surface area contributed by atoms with Crippen LogP contribution in [0.3, 0.4) is 0 Å². The van der Waals surface area contributed by atoms with E-state index in [2.05, 4.69) is 43.4 Å². The number of rotatable bonds is 9. The minimum atomic E-state index is -0.554. The molecule has 0 aliphatic heterocycles. The van der Waals surface area contributed by atoms with Gasteiger partial charge in [-0.25, -0.2) is 0 Å². The number of carbonyl (C=O) groups is 2. The van der Waals surface area contributed by atoms with E-state index >= 15 is 0 Å². The van der Waals surface area contributed by atoms with Crippen molar-refractivity contribution >= 4 is 11.8 Å². The second kappa shape index (κ2) is 10.6. The van der Waals surface area contributed by atoms with E-state index in [4.69, 9.17) is 4.74 Å². The van der Waals surface area contributed by atoms with Gasteiger partial charge in [-0.3, -0.25) is 9.59 Å². The zero-order chi connectivity index (χ0) is 21.4. The highest BCUT2D eigenvalue weighted by atomic mass is 16.5. The van der Waals surface area contributed by atoms with Gasteiger partial charge in [-0.05, 0) is 48.1 Å². The molecule has 0 bridgehead atoms. The van der Waals surface area contributed by atoms with Crippen molar-refractivity contribution in [2.75, 3.05) is 14.2 Å². The first-order valence-electron chi connectivity index (χ1n) is 10.1. The number of benzene rings is 2. The fourth-order valence-electron chi connectivity index (χ4n) is 3.22. The molecule has 0 radical (unpaired) electrons. The Kier molecular flexibility index (Phi) is 8.25. The fourth-order valence-corrected chi connectivity index (χ4v) is 3.22. The minimum absolute atomic E-state index is 0.0446. The predicted molar refractivity (Wildman–Crippen MR) is 116 cm³/mol. The van der Waals surface area contributed by atoms with Crippen molar-refractivity contribution in [2.24, 2.45) is 0 Å². The van der Waals surface area contributed by atoms with Crippen LogP contribution in [0.15, 0.2) is 48.5 Å². The summed E-state index contributed by atoms with van der Waals surface area (Å²) >= 11 is 0. The number of amides is 2. The summed E-state index contributed by atoms with van der Waals surface area (Å²) in [6.45, 7) is 6.44. The molecule has 0 fully saturated rings. The molecule has 0 heterocycles. The predicted octanol–water partition coefficient (Wildman–Crippen LogP) is 3.91. The Hall–Kier alpha value is -2.82. The Labute approximate surface area is 174 Å². The van der Waals surface area contributed by atoms with E-state index in [1.807, 2.05) is 24.3 Å². The van der Waals surface area contributed by atoms with E-state index in [-0.39, 0.29) is 11.8 Å². The highest BCUT2D eigenvalue weighted by Gasteiger charge is 2.25. The molecule has 5 nitrogen and oxygen atoms in total. The number of likely N-dealkylation sites (N-methyl/N-ethyl adjacent to an activating group) is 1. The molecule has 0 unspecified atom stereocenters. The van der Waals surface area contributed by atoms with Crippen molar-refractivity contribution < 1.29 is 14.3 Å². The first kappa shape index (κ1) is 22.5. The van der Waals surface area contributed by atoms with Crippen LogP contribution in [0.1, 0.15) is 49.8 Å². The van der Waals surface area contributed by atoms with Crippen molar-refractivity contribution in [3.63, 3.8) is 0 Å². The van der Waals surface area contributed by atoms with Crippen molar-refractivity contribution in [1.29, 1.82) is 0 Å². The van der Waals surface area contributed by atoms with Crippen LogP contribution in [-0.4, -0.2) is 36.9 Å². The summed E-state index contributed by atoms with van der Waals surface area (Å²) in [6, 6.07) is 15.4. The molecule has 1 N–H and O–H groups in total. The van der Waals surface area contributed by atoms with E-state index in [0.29, 0.717) is 25.3 Å². The van der Waals surface area contributed by atoms with E-state index < -0.39 is 6.04 Å². The minimum Gasteiger partial charge on any atom is -0.497 e. The molecule has 156 valence electrons. The Morgan fingerprint density at radius 2 is 1.72 bits per heavy atom. The van der Waals surface area contributed by atoms with Crippen LogP contribution in [-0.2, 0) is 22.6 Å². The van der Waals surface area contributed by atoms with Gasteiger partial charge in [-0.15, -0.1) is 0 Å². The molecule has 0 saturated carbocycles. The molecule has 2 rings (SSSR count). The van der Waals surface area contributed by atoms with Crippen LogP contribution in [0, 0.1) is 0 Å². The van der Waals surface area contributed by atoms with Gasteiger partial charge in [0.1, 0.15) is 11.8 Å². The van der Waals surface area contributed by atoms with Gasteiger partial charge in [0.2, 0.25) is 11.8 Å². The molecule has 2 aromatic carbocycles. The van der Waals surface area contributed by atoms with Crippen LogP contribution in [0.2, 0.25) is 0 Å². The van der Waals surface area contributed by atoms with Crippen molar-refractivity contribution in [3.05, 3.63) is 65.2 Å². The van der Waals surface area contributed by atoms with Gasteiger partial charge in [0.15, 0.2) is 0 Å². The third-order valence-electron chi connectivity index (χ3n) is 5.17. The maximum Gasteiger partial charge on any atom is 0.242 e. The van der Waals surface area contributed by atoms with E-state index in [1.165, 1.54) is 5.56 Å². The average Bonchev–Trinajstić information content (AvgIpc) is 2.75. The molecule has 0 saturated heterocycles. The van der Waals surface area contributed by atoms with Crippen LogP contribution in [0.4, 0.5) is 0 Å². The summed E-state index contributed by atoms with van der Waals surface area (Å²) in [5.74, 6) is 0.990. The fraction of sp³-hybridized carbons (Fsp3) is 0.417. The average molecular weight is 397 g/mol. The number of methoxy groups -OCH3 is 1. The summed E-state index contributed by atoms with van der Waals surface area (Å²) in [7, 11) is 3.20. The quantitative estimate of drug-likeness (QED) is 0.699. The lowest BCUT2D eigenvalue weighted by atomic mass is 10.00. The lowest BCUT2D eigenvalue weighted by Crippen LogP contribution is -2.46. The molecular weight excluding hydrogens is 364 g/mol. The topological polar surface area (TPSA) is 58.6 Å². The number of ether oxygens (including phenoxy) is 1. The van der Waals surface area contributed by atoms with Crippen LogP contribution in [0.25, 0.3) is 0 Å². The molecular formula is C24H32N2O3. The molecule has 1 atom stereocenters. The Bertz CT molecular complexity index is 815. The molecule has 0 aliphatic carbocycles. The van der Waals surface area contributed by atoms with Crippen LogP contribution < -0.4 is 10.1 Å². The van der Waals surface area contributed by atoms with E-state index in [1.54, 1.807) is 26.0 Å². The first-order valence-corrected chi connectivity index (χ1v) is 10.1. The standard InChI is InChI=1S/C24H32N2O3/c1-17(2)21-12-9-19(10-13-21)11-14-23(27)26(18(3)24(28)25-4)16-20-7-6-8-22(15-20)29-5/h6-10,12-13,15,17-18H,11,14,16H2,1-5H3,(H,25,28)/t18-/m0/s1. The molecule has 2 aromatic rings. The molecule has 0 aliphatic rings. The Morgan fingerprint density at radius 1 is 1.03 bits per heavy atom. The lowest BCUT2D eigenvalue weighted by molar-refractivity contribution is -0.140. The third kappa shape index (κ3) is 6.34. The number of nitrogens with zero attached hydrogens (tertiary/aromatic N) is 1. The number of hydrogen-bond donors (Lipinski definition) is 1. The highest BCUT2D eigenvalue weighted by molar-refractivity contribution is 5.87. The van der Waals surface area contributed by atoms with E-state index in [0.717, 1.165) is 16.9 Å².